The molecule has 1 aromatic rings. The second-order valence-corrected chi connectivity index (χ2v) is 7.84. The van der Waals surface area contributed by atoms with Crippen molar-refractivity contribution in [2.24, 2.45) is 5.73 Å². The lowest BCUT2D eigenvalue weighted by Gasteiger charge is -2.27. The predicted molar refractivity (Wildman–Crippen MR) is 71.8 cm³/mol. The van der Waals surface area contributed by atoms with Crippen LogP contribution in [0.3, 0.4) is 0 Å². The van der Waals surface area contributed by atoms with Crippen LogP contribution in [0.25, 0.3) is 0 Å². The molecule has 3 heteroatoms. The van der Waals surface area contributed by atoms with Gasteiger partial charge in [-0.05, 0) is 22.7 Å². The number of carbonyl (C=O) groups is 1. The fraction of sp³-hybridized carbons (Fsp3) is 0.462. The molecule has 0 saturated carbocycles. The zero-order chi connectivity index (χ0) is 12.3. The minimum atomic E-state index is -0.328. The third kappa shape index (κ3) is 2.82. The zero-order valence-corrected chi connectivity index (χ0v) is 11.3. The quantitative estimate of drug-likeness (QED) is 0.804. The van der Waals surface area contributed by atoms with Gasteiger partial charge >= 0.3 is 0 Å². The summed E-state index contributed by atoms with van der Waals surface area (Å²) >= 11 is 0. The largest absolute Gasteiger partial charge is 0.366 e. The molecule has 1 aromatic carbocycles. The van der Waals surface area contributed by atoms with Crippen molar-refractivity contribution >= 4 is 19.1 Å². The summed E-state index contributed by atoms with van der Waals surface area (Å²) in [4.78, 5) is 11.4. The summed E-state index contributed by atoms with van der Waals surface area (Å²) in [6, 6.07) is 7.74. The van der Waals surface area contributed by atoms with Crippen molar-refractivity contribution in [2.75, 3.05) is 0 Å². The average Bonchev–Trinajstić information content (AvgIpc) is 2.17. The summed E-state index contributed by atoms with van der Waals surface area (Å²) in [6.07, 6.45) is 0. The number of hydrogen-bond donors (Lipinski definition) is 1. The van der Waals surface area contributed by atoms with E-state index in [1.165, 1.54) is 0 Å². The second-order valence-electron chi connectivity index (χ2n) is 4.48. The van der Waals surface area contributed by atoms with Crippen LogP contribution in [-0.4, -0.2) is 17.2 Å². The molecule has 0 unspecified atom stereocenters. The Bertz CT molecular complexity index is 366. The number of benzene rings is 1. The number of primary amides is 1. The Hall–Kier alpha value is -0.880. The first-order valence-corrected chi connectivity index (χ1v) is 7.10. The van der Waals surface area contributed by atoms with E-state index in [-0.39, 0.29) is 13.8 Å². The van der Waals surface area contributed by atoms with Gasteiger partial charge in [0.1, 0.15) is 0 Å². The lowest BCUT2D eigenvalue weighted by molar-refractivity contribution is 0.100. The van der Waals surface area contributed by atoms with E-state index in [0.717, 1.165) is 5.30 Å². The Labute approximate surface area is 99.0 Å². The topological polar surface area (TPSA) is 43.1 Å². The Morgan fingerprint density at radius 1 is 1.12 bits per heavy atom. The van der Waals surface area contributed by atoms with Crippen molar-refractivity contribution in [3.63, 3.8) is 0 Å². The first-order valence-electron chi connectivity index (χ1n) is 5.62. The van der Waals surface area contributed by atoms with Crippen molar-refractivity contribution in [1.29, 1.82) is 0 Å². The van der Waals surface area contributed by atoms with E-state index in [4.69, 9.17) is 5.73 Å². The van der Waals surface area contributed by atoms with Crippen LogP contribution >= 0.6 is 7.92 Å². The molecule has 1 rings (SSSR count). The predicted octanol–water partition coefficient (Wildman–Crippen LogP) is 2.71. The highest BCUT2D eigenvalue weighted by Crippen LogP contribution is 2.45. The molecular formula is C13H20NOP. The fourth-order valence-corrected chi connectivity index (χ4v) is 5.09. The van der Waals surface area contributed by atoms with E-state index in [2.05, 4.69) is 27.7 Å². The van der Waals surface area contributed by atoms with Gasteiger partial charge in [0.2, 0.25) is 5.91 Å². The third-order valence-corrected chi connectivity index (χ3v) is 5.73. The fourth-order valence-electron chi connectivity index (χ4n) is 2.06. The van der Waals surface area contributed by atoms with Gasteiger partial charge in [-0.1, -0.05) is 53.8 Å². The Morgan fingerprint density at radius 2 is 1.62 bits per heavy atom. The molecule has 0 aromatic heterocycles. The second kappa shape index (κ2) is 5.45. The van der Waals surface area contributed by atoms with E-state index in [9.17, 15) is 4.79 Å². The van der Waals surface area contributed by atoms with E-state index in [1.807, 2.05) is 24.3 Å². The molecule has 2 nitrogen and oxygen atoms in total. The van der Waals surface area contributed by atoms with Crippen molar-refractivity contribution in [3.05, 3.63) is 29.8 Å². The van der Waals surface area contributed by atoms with E-state index >= 15 is 0 Å². The van der Waals surface area contributed by atoms with Crippen LogP contribution in [-0.2, 0) is 0 Å². The number of amides is 1. The molecule has 0 aliphatic carbocycles. The molecule has 0 bridgehead atoms. The van der Waals surface area contributed by atoms with Crippen molar-refractivity contribution in [3.8, 4) is 0 Å². The highest BCUT2D eigenvalue weighted by atomic mass is 31.1. The maximum absolute atomic E-state index is 11.4. The normalized spacial score (nSPS) is 11.4. The van der Waals surface area contributed by atoms with Crippen molar-refractivity contribution in [2.45, 2.75) is 39.0 Å². The molecule has 0 heterocycles. The molecule has 88 valence electrons. The van der Waals surface area contributed by atoms with E-state index in [0.29, 0.717) is 16.9 Å². The number of nitrogens with two attached hydrogens (primary N) is 1. The van der Waals surface area contributed by atoms with Crippen LogP contribution in [0.2, 0.25) is 0 Å². The standard InChI is InChI=1S/C13H20NOP/c1-9(2)16(10(3)4)12-8-6-5-7-11(12)13(14)15/h5-10H,1-4H3,(H2,14,15). The zero-order valence-electron chi connectivity index (χ0n) is 10.4. The Balaban J connectivity index is 3.23. The van der Waals surface area contributed by atoms with Crippen LogP contribution in [0.1, 0.15) is 38.1 Å². The smallest absolute Gasteiger partial charge is 0.249 e. The molecule has 1 amide bonds. The highest BCUT2D eigenvalue weighted by Gasteiger charge is 2.22. The molecule has 0 fully saturated rings. The van der Waals surface area contributed by atoms with Gasteiger partial charge in [-0.2, -0.15) is 0 Å². The molecular weight excluding hydrogens is 217 g/mol. The van der Waals surface area contributed by atoms with Gasteiger partial charge in [0.25, 0.3) is 0 Å². The first-order chi connectivity index (χ1) is 7.45. The van der Waals surface area contributed by atoms with Gasteiger partial charge in [-0.25, -0.2) is 0 Å². The number of rotatable bonds is 4. The molecule has 2 N–H and O–H groups in total. The summed E-state index contributed by atoms with van der Waals surface area (Å²) in [5, 5.41) is 1.15. The summed E-state index contributed by atoms with van der Waals surface area (Å²) in [5.41, 5.74) is 7.25. The summed E-state index contributed by atoms with van der Waals surface area (Å²) in [6.45, 7) is 8.85. The molecule has 0 aliphatic heterocycles. The minimum Gasteiger partial charge on any atom is -0.366 e. The highest BCUT2D eigenvalue weighted by molar-refractivity contribution is 7.67. The van der Waals surface area contributed by atoms with Gasteiger partial charge in [-0.15, -0.1) is 0 Å². The molecule has 16 heavy (non-hydrogen) atoms. The Morgan fingerprint density at radius 3 is 2.06 bits per heavy atom. The minimum absolute atomic E-state index is 0.315. The third-order valence-electron chi connectivity index (χ3n) is 2.56. The average molecular weight is 237 g/mol. The monoisotopic (exact) mass is 237 g/mol. The van der Waals surface area contributed by atoms with Gasteiger partial charge in [-0.3, -0.25) is 4.79 Å². The Kier molecular flexibility index (Phi) is 4.49. The summed E-state index contributed by atoms with van der Waals surface area (Å²) in [7, 11) is -0.328. The maximum Gasteiger partial charge on any atom is 0.249 e. The number of hydrogen-bond acceptors (Lipinski definition) is 1. The molecule has 0 saturated heterocycles. The van der Waals surface area contributed by atoms with E-state index < -0.39 is 0 Å². The molecule has 0 aliphatic rings. The maximum atomic E-state index is 11.4. The SMILES string of the molecule is CC(C)P(c1ccccc1C(N)=O)C(C)C. The van der Waals surface area contributed by atoms with Crippen LogP contribution < -0.4 is 11.0 Å². The first kappa shape index (κ1) is 13.2. The van der Waals surface area contributed by atoms with Crippen LogP contribution in [0.5, 0.6) is 0 Å². The summed E-state index contributed by atoms with van der Waals surface area (Å²) in [5.74, 6) is -0.315. The van der Waals surface area contributed by atoms with Crippen LogP contribution in [0.4, 0.5) is 0 Å². The van der Waals surface area contributed by atoms with Gasteiger partial charge in [0, 0.05) is 5.56 Å². The molecule has 0 radical (unpaired) electrons. The van der Waals surface area contributed by atoms with Gasteiger partial charge in [0.15, 0.2) is 0 Å². The van der Waals surface area contributed by atoms with Gasteiger partial charge in [0.05, 0.1) is 0 Å². The molecule has 0 spiro atoms. The molecule has 0 atom stereocenters. The van der Waals surface area contributed by atoms with Crippen LogP contribution in [0.15, 0.2) is 24.3 Å². The van der Waals surface area contributed by atoms with Crippen LogP contribution in [0, 0.1) is 0 Å². The summed E-state index contributed by atoms with van der Waals surface area (Å²) < 4.78 is 0. The van der Waals surface area contributed by atoms with Crippen molar-refractivity contribution in [1.82, 2.24) is 0 Å². The van der Waals surface area contributed by atoms with Gasteiger partial charge < -0.3 is 5.73 Å². The lowest BCUT2D eigenvalue weighted by atomic mass is 10.2. The lowest BCUT2D eigenvalue weighted by Crippen LogP contribution is -2.25. The van der Waals surface area contributed by atoms with E-state index in [1.54, 1.807) is 0 Å². The van der Waals surface area contributed by atoms with Crippen molar-refractivity contribution < 1.29 is 4.79 Å². The number of carbonyl (C=O) groups excluding carboxylic acids is 1.